The Morgan fingerprint density at radius 1 is 1.07 bits per heavy atom. The molecule has 0 unspecified atom stereocenters. The lowest BCUT2D eigenvalue weighted by atomic mass is 10.2. The fourth-order valence-corrected chi connectivity index (χ4v) is 2.79. The van der Waals surface area contributed by atoms with Crippen LogP contribution in [0, 0.1) is 0 Å². The van der Waals surface area contributed by atoms with E-state index in [-0.39, 0.29) is 17.8 Å². The smallest absolute Gasteiger partial charge is 0.322 e. The summed E-state index contributed by atoms with van der Waals surface area (Å²) in [5, 5.41) is 10.5. The van der Waals surface area contributed by atoms with E-state index >= 15 is 0 Å². The van der Waals surface area contributed by atoms with Crippen molar-refractivity contribution in [2.24, 2.45) is 0 Å². The van der Waals surface area contributed by atoms with Crippen molar-refractivity contribution in [2.45, 2.75) is 13.8 Å². The molecule has 0 bridgehead atoms. The van der Waals surface area contributed by atoms with Gasteiger partial charge in [0, 0.05) is 24.3 Å². The normalized spacial score (nSPS) is 10.5. The van der Waals surface area contributed by atoms with Crippen molar-refractivity contribution in [3.05, 3.63) is 54.1 Å². The quantitative estimate of drug-likeness (QED) is 0.684. The van der Waals surface area contributed by atoms with Crippen LogP contribution in [-0.2, 0) is 0 Å². The predicted octanol–water partition coefficient (Wildman–Crippen LogP) is 3.84. The number of aromatic nitrogens is 2. The predicted molar refractivity (Wildman–Crippen MR) is 104 cm³/mol. The van der Waals surface area contributed by atoms with Crippen LogP contribution in [0.15, 0.2) is 52.9 Å². The van der Waals surface area contributed by atoms with Crippen LogP contribution in [0.4, 0.5) is 11.7 Å². The van der Waals surface area contributed by atoms with Crippen LogP contribution in [-0.4, -0.2) is 36.3 Å². The lowest BCUT2D eigenvalue weighted by molar-refractivity contribution is 0.102. The number of hydrogen-bond acceptors (Lipinski definition) is 6. The summed E-state index contributed by atoms with van der Waals surface area (Å²) < 4.78 is 10.8. The molecule has 7 nitrogen and oxygen atoms in total. The van der Waals surface area contributed by atoms with Gasteiger partial charge in [-0.2, -0.15) is 0 Å². The summed E-state index contributed by atoms with van der Waals surface area (Å²) in [5.41, 5.74) is 2.26. The maximum absolute atomic E-state index is 12.4. The van der Waals surface area contributed by atoms with Gasteiger partial charge in [-0.3, -0.25) is 10.1 Å². The van der Waals surface area contributed by atoms with Gasteiger partial charge in [-0.05, 0) is 50.2 Å². The maximum Gasteiger partial charge on any atom is 0.322 e. The van der Waals surface area contributed by atoms with Gasteiger partial charge in [-0.25, -0.2) is 0 Å². The second-order valence-electron chi connectivity index (χ2n) is 5.79. The first-order chi connectivity index (χ1) is 13.2. The molecule has 0 atom stereocenters. The zero-order valence-corrected chi connectivity index (χ0v) is 15.6. The van der Waals surface area contributed by atoms with Gasteiger partial charge >= 0.3 is 6.01 Å². The monoisotopic (exact) mass is 366 g/mol. The van der Waals surface area contributed by atoms with Crippen LogP contribution < -0.4 is 15.0 Å². The van der Waals surface area contributed by atoms with E-state index in [1.165, 1.54) is 0 Å². The van der Waals surface area contributed by atoms with E-state index < -0.39 is 0 Å². The van der Waals surface area contributed by atoms with E-state index in [1.54, 1.807) is 25.3 Å². The number of ether oxygens (including phenoxy) is 1. The minimum absolute atomic E-state index is 0.0359. The third-order valence-electron chi connectivity index (χ3n) is 4.24. The molecule has 7 heteroatoms. The molecule has 0 radical (unpaired) electrons. The van der Waals surface area contributed by atoms with Crippen molar-refractivity contribution >= 4 is 17.6 Å². The molecule has 140 valence electrons. The third kappa shape index (κ3) is 4.08. The van der Waals surface area contributed by atoms with E-state index in [0.717, 1.165) is 18.8 Å². The Hall–Kier alpha value is -3.35. The van der Waals surface area contributed by atoms with Crippen molar-refractivity contribution in [3.63, 3.8) is 0 Å². The Kier molecular flexibility index (Phi) is 5.71. The number of carbonyl (C=O) groups is 1. The maximum atomic E-state index is 12.4. The van der Waals surface area contributed by atoms with Crippen LogP contribution >= 0.6 is 0 Å². The number of carbonyl (C=O) groups excluding carboxylic acids is 1. The molecular formula is C20H22N4O3. The van der Waals surface area contributed by atoms with Crippen molar-refractivity contribution in [1.29, 1.82) is 0 Å². The van der Waals surface area contributed by atoms with Gasteiger partial charge in [0.1, 0.15) is 5.75 Å². The zero-order valence-electron chi connectivity index (χ0n) is 15.6. The summed E-state index contributed by atoms with van der Waals surface area (Å²) in [7, 11) is 1.57. The lowest BCUT2D eigenvalue weighted by Gasteiger charge is -2.20. The van der Waals surface area contributed by atoms with Gasteiger partial charge in [-0.1, -0.05) is 17.2 Å². The van der Waals surface area contributed by atoms with Crippen molar-refractivity contribution in [3.8, 4) is 17.2 Å². The summed E-state index contributed by atoms with van der Waals surface area (Å²) in [5.74, 6) is 0.585. The summed E-state index contributed by atoms with van der Waals surface area (Å²) in [6.45, 7) is 6.02. The SMILES string of the molecule is CCN(CC)c1ccc(C(=O)Nc2nnc(-c3ccccc3OC)o2)cc1. The molecule has 0 aliphatic rings. The van der Waals surface area contributed by atoms with Gasteiger partial charge in [0.15, 0.2) is 0 Å². The number of methoxy groups -OCH3 is 1. The van der Waals surface area contributed by atoms with Gasteiger partial charge in [-0.15, -0.1) is 5.10 Å². The van der Waals surface area contributed by atoms with E-state index in [0.29, 0.717) is 16.9 Å². The fourth-order valence-electron chi connectivity index (χ4n) is 2.79. The number of anilines is 2. The molecule has 0 spiro atoms. The first-order valence-electron chi connectivity index (χ1n) is 8.79. The molecule has 1 heterocycles. The van der Waals surface area contributed by atoms with Crippen LogP contribution in [0.1, 0.15) is 24.2 Å². The summed E-state index contributed by atoms with van der Waals surface area (Å²) in [6.07, 6.45) is 0. The second kappa shape index (κ2) is 8.35. The molecule has 0 fully saturated rings. The molecular weight excluding hydrogens is 344 g/mol. The van der Waals surface area contributed by atoms with Crippen LogP contribution in [0.2, 0.25) is 0 Å². The van der Waals surface area contributed by atoms with Crippen LogP contribution in [0.3, 0.4) is 0 Å². The van der Waals surface area contributed by atoms with Gasteiger partial charge in [0.25, 0.3) is 11.8 Å². The van der Waals surface area contributed by atoms with Crippen molar-refractivity contribution in [2.75, 3.05) is 30.4 Å². The molecule has 0 saturated heterocycles. The number of amides is 1. The average Bonchev–Trinajstić information content (AvgIpc) is 3.17. The Bertz CT molecular complexity index is 902. The number of rotatable bonds is 7. The van der Waals surface area contributed by atoms with Gasteiger partial charge in [0.2, 0.25) is 0 Å². The van der Waals surface area contributed by atoms with E-state index in [9.17, 15) is 4.79 Å². The number of nitrogens with one attached hydrogen (secondary N) is 1. The lowest BCUT2D eigenvalue weighted by Crippen LogP contribution is -2.21. The van der Waals surface area contributed by atoms with Crippen molar-refractivity contribution in [1.82, 2.24) is 10.2 Å². The zero-order chi connectivity index (χ0) is 19.2. The summed E-state index contributed by atoms with van der Waals surface area (Å²) in [4.78, 5) is 14.6. The number of hydrogen-bond donors (Lipinski definition) is 1. The molecule has 1 N–H and O–H groups in total. The number of benzene rings is 2. The molecule has 1 amide bonds. The number of nitrogens with zero attached hydrogens (tertiary/aromatic N) is 3. The Morgan fingerprint density at radius 3 is 2.44 bits per heavy atom. The molecule has 2 aromatic carbocycles. The number of para-hydroxylation sites is 1. The molecule has 3 rings (SSSR count). The summed E-state index contributed by atoms with van der Waals surface area (Å²) in [6, 6.07) is 14.8. The van der Waals surface area contributed by atoms with E-state index in [2.05, 4.69) is 34.3 Å². The van der Waals surface area contributed by atoms with Crippen LogP contribution in [0.25, 0.3) is 11.5 Å². The van der Waals surface area contributed by atoms with E-state index in [4.69, 9.17) is 9.15 Å². The highest BCUT2D eigenvalue weighted by Gasteiger charge is 2.15. The van der Waals surface area contributed by atoms with Crippen molar-refractivity contribution < 1.29 is 13.9 Å². The third-order valence-corrected chi connectivity index (χ3v) is 4.24. The highest BCUT2D eigenvalue weighted by molar-refractivity contribution is 6.03. The van der Waals surface area contributed by atoms with E-state index in [1.807, 2.05) is 30.3 Å². The first kappa shape index (κ1) is 18.4. The molecule has 0 aliphatic carbocycles. The van der Waals surface area contributed by atoms with Crippen LogP contribution in [0.5, 0.6) is 5.75 Å². The van der Waals surface area contributed by atoms with Gasteiger partial charge in [0.05, 0.1) is 12.7 Å². The topological polar surface area (TPSA) is 80.5 Å². The fraction of sp³-hybridized carbons (Fsp3) is 0.250. The minimum Gasteiger partial charge on any atom is -0.496 e. The summed E-state index contributed by atoms with van der Waals surface area (Å²) >= 11 is 0. The largest absolute Gasteiger partial charge is 0.496 e. The second-order valence-corrected chi connectivity index (χ2v) is 5.79. The molecule has 3 aromatic rings. The highest BCUT2D eigenvalue weighted by atomic mass is 16.5. The minimum atomic E-state index is -0.309. The Balaban J connectivity index is 1.73. The Labute approximate surface area is 158 Å². The molecule has 27 heavy (non-hydrogen) atoms. The van der Waals surface area contributed by atoms with Gasteiger partial charge < -0.3 is 14.1 Å². The average molecular weight is 366 g/mol. The molecule has 0 saturated carbocycles. The first-order valence-corrected chi connectivity index (χ1v) is 8.79. The standard InChI is InChI=1S/C20H22N4O3/c1-4-24(5-2)15-12-10-14(11-13-15)18(25)21-20-23-22-19(27-20)16-8-6-7-9-17(16)26-3/h6-13H,4-5H2,1-3H3,(H,21,23,25). The Morgan fingerprint density at radius 2 is 1.78 bits per heavy atom. The highest BCUT2D eigenvalue weighted by Crippen LogP contribution is 2.29. The molecule has 1 aromatic heterocycles. The molecule has 0 aliphatic heterocycles.